The zero-order valence-electron chi connectivity index (χ0n) is 18.4. The fourth-order valence-corrected chi connectivity index (χ4v) is 3.67. The van der Waals surface area contributed by atoms with Crippen molar-refractivity contribution in [1.29, 1.82) is 0 Å². The van der Waals surface area contributed by atoms with Crippen LogP contribution in [0.3, 0.4) is 0 Å². The van der Waals surface area contributed by atoms with Crippen LogP contribution >= 0.6 is 0 Å². The monoisotopic (exact) mass is 444 g/mol. The molecule has 4 rings (SSSR count). The maximum Gasteiger partial charge on any atom is 0.323 e. The van der Waals surface area contributed by atoms with E-state index >= 15 is 0 Å². The van der Waals surface area contributed by atoms with Gasteiger partial charge in [-0.2, -0.15) is 0 Å². The molecule has 3 aromatic rings. The van der Waals surface area contributed by atoms with Crippen LogP contribution in [0.15, 0.2) is 78.9 Å². The SMILES string of the molecule is O=C(Nc1ccc(Oc2ccccc2)cc1)Nc1ccc(C(=O)NCCN2CCCC2)cc1. The van der Waals surface area contributed by atoms with Gasteiger partial charge in [0.2, 0.25) is 0 Å². The molecule has 1 saturated heterocycles. The zero-order valence-corrected chi connectivity index (χ0v) is 18.4. The van der Waals surface area contributed by atoms with Gasteiger partial charge in [-0.25, -0.2) is 4.79 Å². The minimum Gasteiger partial charge on any atom is -0.457 e. The number of carbonyl (C=O) groups excluding carboxylic acids is 2. The number of carbonyl (C=O) groups is 2. The molecule has 3 amide bonds. The first-order valence-corrected chi connectivity index (χ1v) is 11.2. The van der Waals surface area contributed by atoms with Crippen LogP contribution < -0.4 is 20.7 Å². The lowest BCUT2D eigenvalue weighted by Crippen LogP contribution is -2.33. The van der Waals surface area contributed by atoms with Crippen molar-refractivity contribution < 1.29 is 14.3 Å². The molecule has 0 bridgehead atoms. The van der Waals surface area contributed by atoms with Crippen LogP contribution in [0.25, 0.3) is 0 Å². The van der Waals surface area contributed by atoms with Crippen molar-refractivity contribution in [3.8, 4) is 11.5 Å². The number of amides is 3. The lowest BCUT2D eigenvalue weighted by molar-refractivity contribution is 0.0949. The molecule has 3 N–H and O–H groups in total. The average Bonchev–Trinajstić information content (AvgIpc) is 3.35. The summed E-state index contributed by atoms with van der Waals surface area (Å²) in [6.07, 6.45) is 2.48. The van der Waals surface area contributed by atoms with E-state index in [1.807, 2.05) is 30.3 Å². The lowest BCUT2D eigenvalue weighted by atomic mass is 10.2. The summed E-state index contributed by atoms with van der Waals surface area (Å²) in [5, 5.41) is 8.50. The molecule has 0 spiro atoms. The van der Waals surface area contributed by atoms with Crippen molar-refractivity contribution in [3.63, 3.8) is 0 Å². The van der Waals surface area contributed by atoms with Crippen LogP contribution in [0.4, 0.5) is 16.2 Å². The Morgan fingerprint density at radius 2 is 1.33 bits per heavy atom. The van der Waals surface area contributed by atoms with Crippen LogP contribution in [-0.4, -0.2) is 43.0 Å². The molecule has 0 radical (unpaired) electrons. The Bertz CT molecular complexity index is 1050. The normalized spacial score (nSPS) is 13.3. The van der Waals surface area contributed by atoms with Gasteiger partial charge in [-0.1, -0.05) is 18.2 Å². The predicted molar refractivity (Wildman–Crippen MR) is 130 cm³/mol. The maximum absolute atomic E-state index is 12.3. The highest BCUT2D eigenvalue weighted by Crippen LogP contribution is 2.22. The second-order valence-corrected chi connectivity index (χ2v) is 7.90. The highest BCUT2D eigenvalue weighted by atomic mass is 16.5. The fourth-order valence-electron chi connectivity index (χ4n) is 3.67. The van der Waals surface area contributed by atoms with Crippen molar-refractivity contribution in [2.75, 3.05) is 36.8 Å². The molecule has 1 heterocycles. The van der Waals surface area contributed by atoms with Crippen LogP contribution in [0.1, 0.15) is 23.2 Å². The van der Waals surface area contributed by atoms with E-state index in [0.29, 0.717) is 29.2 Å². The van der Waals surface area contributed by atoms with E-state index in [1.165, 1.54) is 12.8 Å². The van der Waals surface area contributed by atoms with Crippen LogP contribution in [0.5, 0.6) is 11.5 Å². The Hall–Kier alpha value is -3.84. The number of anilines is 2. The summed E-state index contributed by atoms with van der Waals surface area (Å²) in [6, 6.07) is 23.1. The Labute approximate surface area is 193 Å². The van der Waals surface area contributed by atoms with Crippen LogP contribution in [0.2, 0.25) is 0 Å². The van der Waals surface area contributed by atoms with Crippen molar-refractivity contribution >= 4 is 23.3 Å². The number of nitrogens with one attached hydrogen (secondary N) is 3. The third kappa shape index (κ3) is 6.82. The minimum atomic E-state index is -0.366. The minimum absolute atomic E-state index is 0.108. The molecule has 1 fully saturated rings. The summed E-state index contributed by atoms with van der Waals surface area (Å²) >= 11 is 0. The van der Waals surface area contributed by atoms with Gasteiger partial charge in [-0.05, 0) is 86.6 Å². The summed E-state index contributed by atoms with van der Waals surface area (Å²) in [5.74, 6) is 1.32. The summed E-state index contributed by atoms with van der Waals surface area (Å²) in [6.45, 7) is 3.75. The molecule has 170 valence electrons. The van der Waals surface area contributed by atoms with Crippen molar-refractivity contribution in [3.05, 3.63) is 84.4 Å². The number of nitrogens with zero attached hydrogens (tertiary/aromatic N) is 1. The number of rotatable bonds is 8. The highest BCUT2D eigenvalue weighted by molar-refractivity contribution is 6.00. The molecule has 0 aliphatic carbocycles. The van der Waals surface area contributed by atoms with E-state index in [2.05, 4.69) is 20.9 Å². The molecule has 0 atom stereocenters. The first-order valence-electron chi connectivity index (χ1n) is 11.2. The molecule has 0 saturated carbocycles. The fraction of sp³-hybridized carbons (Fsp3) is 0.231. The maximum atomic E-state index is 12.3. The zero-order chi connectivity index (χ0) is 22.9. The molecule has 7 nitrogen and oxygen atoms in total. The molecule has 1 aliphatic rings. The number of para-hydroxylation sites is 1. The van der Waals surface area contributed by atoms with E-state index in [-0.39, 0.29) is 11.9 Å². The molecule has 0 aromatic heterocycles. The smallest absolute Gasteiger partial charge is 0.323 e. The first-order chi connectivity index (χ1) is 16.2. The molecule has 1 aliphatic heterocycles. The largest absolute Gasteiger partial charge is 0.457 e. The average molecular weight is 445 g/mol. The number of hydrogen-bond donors (Lipinski definition) is 3. The van der Waals surface area contributed by atoms with Gasteiger partial charge in [0.25, 0.3) is 5.91 Å². The number of urea groups is 1. The molecular weight excluding hydrogens is 416 g/mol. The van der Waals surface area contributed by atoms with E-state index in [9.17, 15) is 9.59 Å². The van der Waals surface area contributed by atoms with Gasteiger partial charge in [-0.3, -0.25) is 4.79 Å². The molecule has 7 heteroatoms. The van der Waals surface area contributed by atoms with Gasteiger partial charge in [0.15, 0.2) is 0 Å². The molecule has 3 aromatic carbocycles. The van der Waals surface area contributed by atoms with E-state index in [4.69, 9.17) is 4.74 Å². The van der Waals surface area contributed by atoms with Gasteiger partial charge in [0.1, 0.15) is 11.5 Å². The van der Waals surface area contributed by atoms with Crippen LogP contribution in [-0.2, 0) is 0 Å². The third-order valence-electron chi connectivity index (χ3n) is 5.41. The second-order valence-electron chi connectivity index (χ2n) is 7.90. The van der Waals surface area contributed by atoms with Crippen molar-refractivity contribution in [2.24, 2.45) is 0 Å². The van der Waals surface area contributed by atoms with E-state index < -0.39 is 0 Å². The Morgan fingerprint density at radius 1 is 0.758 bits per heavy atom. The summed E-state index contributed by atoms with van der Waals surface area (Å²) in [5.41, 5.74) is 1.81. The predicted octanol–water partition coefficient (Wildman–Crippen LogP) is 4.95. The number of ether oxygens (including phenoxy) is 1. The highest BCUT2D eigenvalue weighted by Gasteiger charge is 2.12. The van der Waals surface area contributed by atoms with Crippen molar-refractivity contribution in [2.45, 2.75) is 12.8 Å². The number of hydrogen-bond acceptors (Lipinski definition) is 4. The van der Waals surface area contributed by atoms with E-state index in [1.54, 1.807) is 48.5 Å². The molecule has 0 unspecified atom stereocenters. The van der Waals surface area contributed by atoms with Gasteiger partial charge in [0, 0.05) is 30.0 Å². The van der Waals surface area contributed by atoms with Crippen molar-refractivity contribution in [1.82, 2.24) is 10.2 Å². The van der Waals surface area contributed by atoms with Gasteiger partial charge >= 0.3 is 6.03 Å². The van der Waals surface area contributed by atoms with Gasteiger partial charge in [0.05, 0.1) is 0 Å². The van der Waals surface area contributed by atoms with E-state index in [0.717, 1.165) is 25.4 Å². The lowest BCUT2D eigenvalue weighted by Gasteiger charge is -2.14. The Morgan fingerprint density at radius 3 is 1.97 bits per heavy atom. The standard InChI is InChI=1S/C26H28N4O3/c31-25(27-16-19-30-17-4-5-18-30)20-8-10-21(11-9-20)28-26(32)29-22-12-14-24(15-13-22)33-23-6-2-1-3-7-23/h1-3,6-15H,4-5,16-19H2,(H,27,31)(H2,28,29,32). The molecule has 33 heavy (non-hydrogen) atoms. The van der Waals surface area contributed by atoms with Crippen LogP contribution in [0, 0.1) is 0 Å². The van der Waals surface area contributed by atoms with Gasteiger partial charge < -0.3 is 25.6 Å². The molecular formula is C26H28N4O3. The topological polar surface area (TPSA) is 82.7 Å². The third-order valence-corrected chi connectivity index (χ3v) is 5.41. The summed E-state index contributed by atoms with van der Waals surface area (Å²) in [4.78, 5) is 27.0. The first kappa shape index (κ1) is 22.4. The Kier molecular flexibility index (Phi) is 7.56. The second kappa shape index (κ2) is 11.2. The summed E-state index contributed by atoms with van der Waals surface area (Å²) < 4.78 is 5.75. The van der Waals surface area contributed by atoms with Gasteiger partial charge in [-0.15, -0.1) is 0 Å². The number of benzene rings is 3. The number of likely N-dealkylation sites (tertiary alicyclic amines) is 1. The quantitative estimate of drug-likeness (QED) is 0.459. The Balaban J connectivity index is 1.22. The summed E-state index contributed by atoms with van der Waals surface area (Å²) in [7, 11) is 0.